The number of aliphatic carboxylic acids is 1. The van der Waals surface area contributed by atoms with Crippen LogP contribution in [0.4, 0.5) is 15.8 Å². The van der Waals surface area contributed by atoms with E-state index in [0.717, 1.165) is 11.4 Å². The molecular formula is C22H18FN3O3S. The third-order valence-corrected chi connectivity index (χ3v) is 6.22. The summed E-state index contributed by atoms with van der Waals surface area (Å²) in [5.41, 5.74) is 3.17. The maximum absolute atomic E-state index is 13.8. The lowest BCUT2D eigenvalue weighted by Gasteiger charge is -2.14. The average molecular weight is 423 g/mol. The predicted octanol–water partition coefficient (Wildman–Crippen LogP) is 4.43. The second-order valence-corrected chi connectivity index (χ2v) is 8.07. The van der Waals surface area contributed by atoms with Crippen LogP contribution in [0.2, 0.25) is 0 Å². The summed E-state index contributed by atoms with van der Waals surface area (Å²) < 4.78 is 28.7. The van der Waals surface area contributed by atoms with Crippen molar-refractivity contribution in [3.8, 4) is 0 Å². The molecule has 0 saturated heterocycles. The van der Waals surface area contributed by atoms with Gasteiger partial charge >= 0.3 is 5.97 Å². The summed E-state index contributed by atoms with van der Waals surface area (Å²) in [6.07, 6.45) is 3.11. The molecule has 30 heavy (non-hydrogen) atoms. The van der Waals surface area contributed by atoms with E-state index in [1.54, 1.807) is 47.6 Å². The number of benzene rings is 2. The van der Waals surface area contributed by atoms with Gasteiger partial charge in [0.25, 0.3) is 0 Å². The number of hydrogen-bond acceptors (Lipinski definition) is 4. The van der Waals surface area contributed by atoms with Crippen LogP contribution >= 0.6 is 0 Å². The molecule has 0 amide bonds. The molecule has 2 aromatic heterocycles. The number of fused-ring (bicyclic) bond motifs is 1. The van der Waals surface area contributed by atoms with Crippen LogP contribution in [0.25, 0.3) is 10.9 Å². The van der Waals surface area contributed by atoms with Gasteiger partial charge in [-0.15, -0.1) is 0 Å². The Balaban J connectivity index is 1.70. The van der Waals surface area contributed by atoms with Crippen molar-refractivity contribution in [1.82, 2.24) is 8.96 Å². The SMILES string of the molecule is Cc1c(CC(=O)O)c2cc(F)ccc2n1[S+]([O-])c1ccc(Nc2cccnc2)cc1. The van der Waals surface area contributed by atoms with Crippen molar-refractivity contribution in [1.29, 1.82) is 0 Å². The fourth-order valence-electron chi connectivity index (χ4n) is 3.38. The molecule has 2 aromatic carbocycles. The third kappa shape index (κ3) is 3.87. The summed E-state index contributed by atoms with van der Waals surface area (Å²) in [6.45, 7) is 1.70. The minimum atomic E-state index is -1.63. The molecule has 152 valence electrons. The highest BCUT2D eigenvalue weighted by Crippen LogP contribution is 2.31. The second kappa shape index (κ2) is 8.17. The Bertz CT molecular complexity index is 1210. The lowest BCUT2D eigenvalue weighted by Crippen LogP contribution is -2.15. The molecule has 0 fully saturated rings. The molecule has 0 saturated carbocycles. The molecule has 2 heterocycles. The minimum Gasteiger partial charge on any atom is -0.587 e. The van der Waals surface area contributed by atoms with E-state index in [-0.39, 0.29) is 6.42 Å². The lowest BCUT2D eigenvalue weighted by molar-refractivity contribution is -0.136. The van der Waals surface area contributed by atoms with E-state index in [0.29, 0.717) is 27.1 Å². The van der Waals surface area contributed by atoms with E-state index in [2.05, 4.69) is 10.3 Å². The Morgan fingerprint density at radius 2 is 1.97 bits per heavy atom. The summed E-state index contributed by atoms with van der Waals surface area (Å²) >= 11 is -1.63. The topological polar surface area (TPSA) is 90.2 Å². The molecular weight excluding hydrogens is 405 g/mol. The summed E-state index contributed by atoms with van der Waals surface area (Å²) in [4.78, 5) is 15.9. The van der Waals surface area contributed by atoms with E-state index in [1.165, 1.54) is 18.2 Å². The van der Waals surface area contributed by atoms with Crippen LogP contribution in [0.3, 0.4) is 0 Å². The number of rotatable bonds is 6. The zero-order valence-corrected chi connectivity index (χ0v) is 16.8. The minimum absolute atomic E-state index is 0.274. The first kappa shape index (κ1) is 19.9. The number of halogens is 1. The van der Waals surface area contributed by atoms with E-state index in [4.69, 9.17) is 0 Å². The van der Waals surface area contributed by atoms with Crippen molar-refractivity contribution < 1.29 is 18.8 Å². The van der Waals surface area contributed by atoms with E-state index < -0.39 is 23.1 Å². The molecule has 0 aliphatic rings. The Morgan fingerprint density at radius 1 is 1.20 bits per heavy atom. The predicted molar refractivity (Wildman–Crippen MR) is 114 cm³/mol. The zero-order chi connectivity index (χ0) is 21.3. The van der Waals surface area contributed by atoms with Gasteiger partial charge < -0.3 is 15.0 Å². The number of nitrogens with zero attached hydrogens (tertiary/aromatic N) is 2. The van der Waals surface area contributed by atoms with Crippen molar-refractivity contribution in [2.24, 2.45) is 0 Å². The quantitative estimate of drug-likeness (QED) is 0.448. The molecule has 8 heteroatoms. The number of carbonyl (C=O) groups is 1. The number of pyridine rings is 1. The van der Waals surface area contributed by atoms with E-state index >= 15 is 0 Å². The number of hydrogen-bond donors (Lipinski definition) is 2. The van der Waals surface area contributed by atoms with Crippen molar-refractivity contribution in [3.05, 3.63) is 84.1 Å². The van der Waals surface area contributed by atoms with Gasteiger partial charge in [-0.1, -0.05) is 0 Å². The second-order valence-electron chi connectivity index (χ2n) is 6.73. The molecule has 0 aliphatic carbocycles. The van der Waals surface area contributed by atoms with E-state index in [9.17, 15) is 18.8 Å². The Hall–Kier alpha value is -3.36. The monoisotopic (exact) mass is 423 g/mol. The molecule has 4 rings (SSSR count). The van der Waals surface area contributed by atoms with Gasteiger partial charge in [0, 0.05) is 17.3 Å². The standard InChI is InChI=1S/C22H18FN3O3S/c1-14-19(12-22(27)28)20-11-15(23)4-9-21(20)26(14)30(29)18-7-5-16(6-8-18)25-17-3-2-10-24-13-17/h2-11,13,25H,12H2,1H3,(H,27,28). The number of anilines is 2. The van der Waals surface area contributed by atoms with Gasteiger partial charge in [0.15, 0.2) is 4.90 Å². The van der Waals surface area contributed by atoms with Gasteiger partial charge in [-0.05, 0) is 67.1 Å². The Kier molecular flexibility index (Phi) is 5.43. The van der Waals surface area contributed by atoms with Crippen LogP contribution in [0.5, 0.6) is 0 Å². The molecule has 4 aromatic rings. The van der Waals surface area contributed by atoms with Gasteiger partial charge in [-0.3, -0.25) is 9.78 Å². The van der Waals surface area contributed by atoms with Gasteiger partial charge in [0.1, 0.15) is 17.2 Å². The summed E-state index contributed by atoms with van der Waals surface area (Å²) in [5.74, 6) is -1.50. The smallest absolute Gasteiger partial charge is 0.307 e. The lowest BCUT2D eigenvalue weighted by atomic mass is 10.1. The first-order chi connectivity index (χ1) is 14.4. The van der Waals surface area contributed by atoms with Gasteiger partial charge in [0.05, 0.1) is 29.5 Å². The van der Waals surface area contributed by atoms with Crippen LogP contribution in [0.1, 0.15) is 11.3 Å². The summed E-state index contributed by atoms with van der Waals surface area (Å²) in [5, 5.41) is 12.9. The normalized spacial score (nSPS) is 12.1. The summed E-state index contributed by atoms with van der Waals surface area (Å²) in [7, 11) is 0. The van der Waals surface area contributed by atoms with Crippen molar-refractivity contribution in [3.63, 3.8) is 0 Å². The number of carboxylic acid groups (broad SMARTS) is 1. The fourth-order valence-corrected chi connectivity index (χ4v) is 4.65. The highest BCUT2D eigenvalue weighted by atomic mass is 32.2. The number of aromatic nitrogens is 2. The van der Waals surface area contributed by atoms with Crippen molar-refractivity contribution in [2.45, 2.75) is 18.2 Å². The molecule has 0 radical (unpaired) electrons. The molecule has 1 atom stereocenters. The Labute approximate surface area is 175 Å². The molecule has 6 nitrogen and oxygen atoms in total. The first-order valence-corrected chi connectivity index (χ1v) is 10.3. The summed E-state index contributed by atoms with van der Waals surface area (Å²) in [6, 6.07) is 14.9. The molecule has 2 N–H and O–H groups in total. The molecule has 0 bridgehead atoms. The number of carboxylic acids is 1. The van der Waals surface area contributed by atoms with Crippen LogP contribution in [-0.2, 0) is 22.6 Å². The maximum atomic E-state index is 13.8. The Morgan fingerprint density at radius 3 is 2.63 bits per heavy atom. The van der Waals surface area contributed by atoms with E-state index in [1.807, 2.05) is 12.1 Å². The number of nitrogens with one attached hydrogen (secondary N) is 1. The van der Waals surface area contributed by atoms with Crippen LogP contribution < -0.4 is 5.32 Å². The third-order valence-electron chi connectivity index (χ3n) is 4.74. The maximum Gasteiger partial charge on any atom is 0.307 e. The van der Waals surface area contributed by atoms with Crippen molar-refractivity contribution in [2.75, 3.05) is 5.32 Å². The zero-order valence-electron chi connectivity index (χ0n) is 16.0. The van der Waals surface area contributed by atoms with Gasteiger partial charge in [-0.25, -0.2) is 4.39 Å². The van der Waals surface area contributed by atoms with Gasteiger partial charge in [0.2, 0.25) is 0 Å². The largest absolute Gasteiger partial charge is 0.587 e. The first-order valence-electron chi connectivity index (χ1n) is 9.14. The molecule has 0 aliphatic heterocycles. The fraction of sp³-hybridized carbons (Fsp3) is 0.0909. The van der Waals surface area contributed by atoms with Crippen LogP contribution in [-0.4, -0.2) is 24.6 Å². The molecule has 1 unspecified atom stereocenters. The van der Waals surface area contributed by atoms with Crippen LogP contribution in [0, 0.1) is 12.7 Å². The highest BCUT2D eigenvalue weighted by Gasteiger charge is 2.25. The van der Waals surface area contributed by atoms with Gasteiger partial charge in [-0.2, -0.15) is 3.97 Å². The average Bonchev–Trinajstić information content (AvgIpc) is 2.99. The highest BCUT2D eigenvalue weighted by molar-refractivity contribution is 7.90. The van der Waals surface area contributed by atoms with Crippen molar-refractivity contribution >= 4 is 39.6 Å². The van der Waals surface area contributed by atoms with Crippen LogP contribution in [0.15, 0.2) is 71.9 Å². The molecule has 0 spiro atoms.